The van der Waals surface area contributed by atoms with Crippen molar-refractivity contribution in [1.29, 1.82) is 0 Å². The summed E-state index contributed by atoms with van der Waals surface area (Å²) in [7, 11) is -4.57. The van der Waals surface area contributed by atoms with Crippen LogP contribution in [0.5, 0.6) is 5.75 Å². The van der Waals surface area contributed by atoms with Crippen LogP contribution in [-0.2, 0) is 10.0 Å². The van der Waals surface area contributed by atoms with Crippen molar-refractivity contribution in [1.82, 2.24) is 19.6 Å². The van der Waals surface area contributed by atoms with E-state index >= 15 is 0 Å². The fourth-order valence-corrected chi connectivity index (χ4v) is 4.86. The Labute approximate surface area is 231 Å². The highest BCUT2D eigenvalue weighted by Crippen LogP contribution is 2.24. The number of hydrogen-bond acceptors (Lipinski definition) is 8. The largest absolute Gasteiger partial charge is 0.492 e. The van der Waals surface area contributed by atoms with Gasteiger partial charge in [0.05, 0.1) is 6.27 Å². The van der Waals surface area contributed by atoms with Crippen LogP contribution in [0.3, 0.4) is 0 Å². The van der Waals surface area contributed by atoms with E-state index in [1.165, 1.54) is 18.2 Å². The fraction of sp³-hybridized carbons (Fsp3) is 0.407. The normalized spacial score (nSPS) is 20.1. The lowest BCUT2D eigenvalue weighted by atomic mass is 10.1. The van der Waals surface area contributed by atoms with Gasteiger partial charge in [0.25, 0.3) is 0 Å². The third kappa shape index (κ3) is 7.88. The minimum atomic E-state index is -4.57. The first-order chi connectivity index (χ1) is 20.9. The molecule has 1 aromatic heterocycles. The summed E-state index contributed by atoms with van der Waals surface area (Å²) in [5.74, 6) is 1.03. The first kappa shape index (κ1) is 18.1. The number of hydrogen-bond donors (Lipinski definition) is 3. The van der Waals surface area contributed by atoms with Gasteiger partial charge in [0.15, 0.2) is 0 Å². The average Bonchev–Trinajstić information content (AvgIpc) is 3.49. The summed E-state index contributed by atoms with van der Waals surface area (Å²) in [5.41, 5.74) is -1.16. The van der Waals surface area contributed by atoms with Crippen LogP contribution in [0.2, 0.25) is 0 Å². The highest BCUT2D eigenvalue weighted by Gasteiger charge is 2.22. The number of aromatic nitrogens is 2. The number of ether oxygens (including phenoxy) is 1. The molecule has 0 aliphatic carbocycles. The maximum absolute atomic E-state index is 13.1. The van der Waals surface area contributed by atoms with Gasteiger partial charge in [0.1, 0.15) is 18.2 Å². The standard InChI is InChI=1S/C27H36N6O3S/c1-20-19-28-26(30-21-10-12-23(13-11-21)36-17-16-33-14-5-6-15-33)31-25(20)29-22-8-7-9-24(18-22)37(34,35)32-27(2,3)4/h7-13,18-19,32H,5-6,14-17H2,1-4H3,(H2,28,29,30,31)/i2D3,3D3,16D,17D. The zero-order valence-corrected chi connectivity index (χ0v) is 21.5. The van der Waals surface area contributed by atoms with Gasteiger partial charge in [-0.3, -0.25) is 4.90 Å². The Hall–Kier alpha value is -3.21. The lowest BCUT2D eigenvalue weighted by Gasteiger charge is -2.20. The first-order valence-corrected chi connectivity index (χ1v) is 13.2. The predicted molar refractivity (Wildman–Crippen MR) is 147 cm³/mol. The van der Waals surface area contributed by atoms with Gasteiger partial charge in [-0.2, -0.15) is 4.98 Å². The van der Waals surface area contributed by atoms with Crippen molar-refractivity contribution in [3.8, 4) is 5.75 Å². The van der Waals surface area contributed by atoms with Gasteiger partial charge in [-0.25, -0.2) is 18.1 Å². The molecule has 2 aromatic carbocycles. The zero-order valence-electron chi connectivity index (χ0n) is 28.7. The Kier molecular flexibility index (Phi) is 5.61. The maximum atomic E-state index is 13.1. The molecule has 9 nitrogen and oxygen atoms in total. The van der Waals surface area contributed by atoms with Crippen molar-refractivity contribution >= 4 is 33.2 Å². The van der Waals surface area contributed by atoms with Crippen LogP contribution >= 0.6 is 0 Å². The monoisotopic (exact) mass is 532 g/mol. The van der Waals surface area contributed by atoms with E-state index < -0.39 is 42.4 Å². The summed E-state index contributed by atoms with van der Waals surface area (Å²) in [6.45, 7) is -3.95. The Morgan fingerprint density at radius 3 is 2.59 bits per heavy atom. The quantitative estimate of drug-likeness (QED) is 0.341. The molecule has 0 amide bonds. The summed E-state index contributed by atoms with van der Waals surface area (Å²) in [6, 6.07) is 12.3. The second kappa shape index (κ2) is 11.5. The summed E-state index contributed by atoms with van der Waals surface area (Å²) in [4.78, 5) is 10.4. The maximum Gasteiger partial charge on any atom is 0.241 e. The molecular weight excluding hydrogens is 488 g/mol. The second-order valence-corrected chi connectivity index (χ2v) is 10.6. The molecule has 2 unspecified atom stereocenters. The molecule has 1 fully saturated rings. The number of benzene rings is 2. The van der Waals surface area contributed by atoms with Crippen molar-refractivity contribution in [3.63, 3.8) is 0 Å². The lowest BCUT2D eigenvalue weighted by molar-refractivity contribution is 0.238. The van der Waals surface area contributed by atoms with E-state index in [1.807, 2.05) is 9.62 Å². The van der Waals surface area contributed by atoms with Gasteiger partial charge in [0, 0.05) is 44.8 Å². The third-order valence-corrected chi connectivity index (χ3v) is 7.00. The van der Waals surface area contributed by atoms with Gasteiger partial charge in [-0.05, 0) is 95.9 Å². The summed E-state index contributed by atoms with van der Waals surface area (Å²) < 4.78 is 96.3. The van der Waals surface area contributed by atoms with Crippen molar-refractivity contribution in [2.24, 2.45) is 0 Å². The molecule has 37 heavy (non-hydrogen) atoms. The van der Waals surface area contributed by atoms with Crippen molar-refractivity contribution in [2.75, 3.05) is 36.8 Å². The lowest BCUT2D eigenvalue weighted by Crippen LogP contribution is -2.40. The minimum Gasteiger partial charge on any atom is -0.492 e. The van der Waals surface area contributed by atoms with E-state index in [9.17, 15) is 8.42 Å². The van der Waals surface area contributed by atoms with Crippen LogP contribution in [-0.4, -0.2) is 55.0 Å². The number of anilines is 4. The molecule has 198 valence electrons. The van der Waals surface area contributed by atoms with E-state index in [1.54, 1.807) is 43.5 Å². The Bertz CT molecular complexity index is 1570. The van der Waals surface area contributed by atoms with Gasteiger partial charge < -0.3 is 15.4 Å². The van der Waals surface area contributed by atoms with E-state index in [-0.39, 0.29) is 10.8 Å². The molecule has 1 aliphatic heterocycles. The summed E-state index contributed by atoms with van der Waals surface area (Å²) in [5, 5.41) is 6.10. The minimum absolute atomic E-state index is 0.229. The number of rotatable bonds is 10. The molecule has 2 heterocycles. The van der Waals surface area contributed by atoms with E-state index in [4.69, 9.17) is 15.7 Å². The Balaban J connectivity index is 1.46. The highest BCUT2D eigenvalue weighted by molar-refractivity contribution is 7.89. The summed E-state index contributed by atoms with van der Waals surface area (Å²) >= 11 is 0. The topological polar surface area (TPSA) is 108 Å². The number of aryl methyl sites for hydroxylation is 1. The molecule has 10 heteroatoms. The smallest absolute Gasteiger partial charge is 0.241 e. The van der Waals surface area contributed by atoms with E-state index in [2.05, 4.69) is 20.6 Å². The second-order valence-electron chi connectivity index (χ2n) is 8.90. The molecule has 4 rings (SSSR count). The fourth-order valence-electron chi connectivity index (χ4n) is 3.67. The van der Waals surface area contributed by atoms with E-state index in [0.717, 1.165) is 32.9 Å². The molecule has 3 aromatic rings. The third-order valence-electron chi connectivity index (χ3n) is 5.44. The van der Waals surface area contributed by atoms with Crippen LogP contribution in [0.4, 0.5) is 23.1 Å². The Morgan fingerprint density at radius 1 is 1.11 bits per heavy atom. The van der Waals surface area contributed by atoms with Crippen molar-refractivity contribution < 1.29 is 24.1 Å². The van der Waals surface area contributed by atoms with Gasteiger partial charge in [-0.15, -0.1) is 0 Å². The SMILES string of the molecule is [2H]C(Oc1ccc(Nc2ncc(C)c(Nc3cccc(S(=O)(=O)NC(C)(C([2H])([2H])[2H])C([2H])([2H])[2H])c3)n2)cc1)C([2H])N1CCCC1. The number of sulfonamides is 1. The van der Waals surface area contributed by atoms with Crippen LogP contribution in [0.15, 0.2) is 59.6 Å². The molecule has 0 bridgehead atoms. The zero-order chi connectivity index (χ0) is 33.2. The van der Waals surface area contributed by atoms with Crippen LogP contribution in [0, 0.1) is 6.92 Å². The molecule has 1 aliphatic rings. The molecule has 3 N–H and O–H groups in total. The van der Waals surface area contributed by atoms with Gasteiger partial charge >= 0.3 is 0 Å². The number of nitrogens with one attached hydrogen (secondary N) is 3. The van der Waals surface area contributed by atoms with Crippen LogP contribution in [0.1, 0.15) is 50.0 Å². The van der Waals surface area contributed by atoms with Gasteiger partial charge in [0.2, 0.25) is 16.0 Å². The molecule has 1 saturated heterocycles. The number of likely N-dealkylation sites (tertiary alicyclic amines) is 1. The van der Waals surface area contributed by atoms with Crippen LogP contribution < -0.4 is 20.1 Å². The summed E-state index contributed by atoms with van der Waals surface area (Å²) in [6.07, 6.45) is 3.61. The van der Waals surface area contributed by atoms with Crippen molar-refractivity contribution in [3.05, 3.63) is 60.3 Å². The Morgan fingerprint density at radius 2 is 1.86 bits per heavy atom. The molecule has 2 atom stereocenters. The van der Waals surface area contributed by atoms with Crippen LogP contribution in [0.25, 0.3) is 0 Å². The van der Waals surface area contributed by atoms with Gasteiger partial charge in [-0.1, -0.05) is 6.07 Å². The van der Waals surface area contributed by atoms with E-state index in [0.29, 0.717) is 28.5 Å². The molecule has 0 spiro atoms. The first-order valence-electron chi connectivity index (χ1n) is 15.9. The predicted octanol–water partition coefficient (Wildman–Crippen LogP) is 4.82. The van der Waals surface area contributed by atoms with Crippen molar-refractivity contribution in [2.45, 2.75) is 50.8 Å². The average molecular weight is 533 g/mol. The molecule has 0 saturated carbocycles. The molecule has 0 radical (unpaired) electrons. The number of nitrogens with zero attached hydrogens (tertiary/aromatic N) is 3. The molecular formula is C27H36N6O3S. The highest BCUT2D eigenvalue weighted by atomic mass is 32.2.